The zero-order chi connectivity index (χ0) is 33.6. The first-order chi connectivity index (χ1) is 22.1. The predicted molar refractivity (Wildman–Crippen MR) is 186 cm³/mol. The SMILES string of the molecule is C1=CC2C3CCC(C3)C2C1.C1=CC2C3CCC(C3)C2C1.C=C(C)C(=O)OC(CCC)OC.C=C(C)C(=O)OC(CCCCC)OC. The quantitative estimate of drug-likeness (QED) is 0.0695. The largest absolute Gasteiger partial charge is 0.432 e. The summed E-state index contributed by atoms with van der Waals surface area (Å²) in [6.07, 6.45) is 26.8. The molecule has 0 saturated heterocycles. The van der Waals surface area contributed by atoms with Crippen LogP contribution in [-0.4, -0.2) is 38.7 Å². The molecule has 6 heteroatoms. The van der Waals surface area contributed by atoms with E-state index < -0.39 is 18.5 Å². The summed E-state index contributed by atoms with van der Waals surface area (Å²) in [5, 5.41) is 0. The van der Waals surface area contributed by atoms with Gasteiger partial charge in [0.2, 0.25) is 12.6 Å². The van der Waals surface area contributed by atoms with Crippen LogP contribution in [0.3, 0.4) is 0 Å². The number of ether oxygens (including phenoxy) is 4. The molecule has 0 aromatic rings. The summed E-state index contributed by atoms with van der Waals surface area (Å²) >= 11 is 0. The van der Waals surface area contributed by atoms with E-state index in [0.29, 0.717) is 11.1 Å². The van der Waals surface area contributed by atoms with Crippen LogP contribution in [0.1, 0.15) is 118 Å². The molecule has 0 heterocycles. The van der Waals surface area contributed by atoms with Crippen molar-refractivity contribution in [3.8, 4) is 0 Å². The van der Waals surface area contributed by atoms with Crippen LogP contribution in [0.25, 0.3) is 0 Å². The van der Waals surface area contributed by atoms with Crippen LogP contribution in [0.4, 0.5) is 0 Å². The molecule has 0 aromatic carbocycles. The molecule has 0 aromatic heterocycles. The van der Waals surface area contributed by atoms with E-state index in [4.69, 9.17) is 18.9 Å². The van der Waals surface area contributed by atoms with Gasteiger partial charge in [-0.1, -0.05) is 70.6 Å². The van der Waals surface area contributed by atoms with Gasteiger partial charge in [-0.25, -0.2) is 9.59 Å². The number of fused-ring (bicyclic) bond motifs is 10. The minimum absolute atomic E-state index is 0.381. The molecule has 260 valence electrons. The van der Waals surface area contributed by atoms with E-state index in [9.17, 15) is 9.59 Å². The number of allylic oxidation sites excluding steroid dienone is 4. The molecule has 10 atom stereocenters. The van der Waals surface area contributed by atoms with Crippen molar-refractivity contribution in [3.63, 3.8) is 0 Å². The Balaban J connectivity index is 0.000000168. The fraction of sp³-hybridized carbons (Fsp3) is 0.750. The van der Waals surface area contributed by atoms with E-state index in [-0.39, 0.29) is 5.97 Å². The summed E-state index contributed by atoms with van der Waals surface area (Å²) in [7, 11) is 3.06. The van der Waals surface area contributed by atoms with Gasteiger partial charge < -0.3 is 18.9 Å². The van der Waals surface area contributed by atoms with E-state index in [1.807, 2.05) is 6.92 Å². The van der Waals surface area contributed by atoms with Crippen molar-refractivity contribution in [2.75, 3.05) is 14.2 Å². The molecule has 0 radical (unpaired) electrons. The van der Waals surface area contributed by atoms with E-state index >= 15 is 0 Å². The summed E-state index contributed by atoms with van der Waals surface area (Å²) in [4.78, 5) is 22.1. The monoisotopic (exact) mass is 640 g/mol. The molecular weight excluding hydrogens is 576 g/mol. The van der Waals surface area contributed by atoms with Crippen molar-refractivity contribution in [2.24, 2.45) is 47.3 Å². The Bertz CT molecular complexity index is 1000. The third-order valence-corrected chi connectivity index (χ3v) is 11.1. The smallest absolute Gasteiger partial charge is 0.335 e. The van der Waals surface area contributed by atoms with Crippen LogP contribution in [0.2, 0.25) is 0 Å². The van der Waals surface area contributed by atoms with E-state index in [0.717, 1.165) is 85.9 Å². The minimum Gasteiger partial charge on any atom is -0.432 e. The Morgan fingerprint density at radius 2 is 1.11 bits per heavy atom. The molecule has 6 aliphatic rings. The van der Waals surface area contributed by atoms with Gasteiger partial charge in [0.15, 0.2) is 0 Å². The molecule has 6 nitrogen and oxygen atoms in total. The first-order valence-electron chi connectivity index (χ1n) is 18.2. The van der Waals surface area contributed by atoms with Gasteiger partial charge in [0, 0.05) is 38.2 Å². The van der Waals surface area contributed by atoms with Crippen molar-refractivity contribution < 1.29 is 28.5 Å². The van der Waals surface area contributed by atoms with Gasteiger partial charge in [-0.15, -0.1) is 0 Å². The number of hydrogen-bond donors (Lipinski definition) is 0. The van der Waals surface area contributed by atoms with Crippen molar-refractivity contribution in [3.05, 3.63) is 48.6 Å². The van der Waals surface area contributed by atoms with Crippen molar-refractivity contribution in [1.82, 2.24) is 0 Å². The Hall–Kier alpha value is -2.18. The fourth-order valence-corrected chi connectivity index (χ4v) is 8.68. The molecule has 0 N–H and O–H groups in total. The van der Waals surface area contributed by atoms with Crippen molar-refractivity contribution >= 4 is 11.9 Å². The molecule has 10 unspecified atom stereocenters. The van der Waals surface area contributed by atoms with E-state index in [1.54, 1.807) is 46.6 Å². The number of hydrogen-bond acceptors (Lipinski definition) is 6. The van der Waals surface area contributed by atoms with Gasteiger partial charge in [-0.2, -0.15) is 0 Å². The number of methoxy groups -OCH3 is 2. The molecule has 4 saturated carbocycles. The Morgan fingerprint density at radius 1 is 0.674 bits per heavy atom. The number of esters is 2. The van der Waals surface area contributed by atoms with Gasteiger partial charge in [0.25, 0.3) is 0 Å². The van der Waals surface area contributed by atoms with Gasteiger partial charge in [-0.05, 0) is 119 Å². The summed E-state index contributed by atoms with van der Waals surface area (Å²) in [5.74, 6) is 7.94. The number of carbonyl (C=O) groups is 2. The topological polar surface area (TPSA) is 71.1 Å². The first kappa shape index (κ1) is 38.3. The molecule has 0 aliphatic heterocycles. The lowest BCUT2D eigenvalue weighted by Crippen LogP contribution is -2.20. The number of carbonyl (C=O) groups excluding carboxylic acids is 2. The maximum atomic E-state index is 11.1. The maximum absolute atomic E-state index is 11.1. The zero-order valence-electron chi connectivity index (χ0n) is 29.8. The highest BCUT2D eigenvalue weighted by molar-refractivity contribution is 5.87. The average molecular weight is 641 g/mol. The van der Waals surface area contributed by atoms with Gasteiger partial charge in [0.05, 0.1) is 0 Å². The summed E-state index contributed by atoms with van der Waals surface area (Å²) < 4.78 is 19.9. The average Bonchev–Trinajstić information content (AvgIpc) is 3.89. The predicted octanol–water partition coefficient (Wildman–Crippen LogP) is 9.75. The lowest BCUT2D eigenvalue weighted by Gasteiger charge is -2.23. The Labute approximate surface area is 280 Å². The second-order valence-corrected chi connectivity index (χ2v) is 14.5. The fourth-order valence-electron chi connectivity index (χ4n) is 8.68. The number of rotatable bonds is 12. The molecule has 0 amide bonds. The van der Waals surface area contributed by atoms with Gasteiger partial charge in [-0.3, -0.25) is 0 Å². The van der Waals surface area contributed by atoms with Gasteiger partial charge in [0.1, 0.15) is 0 Å². The first-order valence-corrected chi connectivity index (χ1v) is 18.2. The van der Waals surface area contributed by atoms with Crippen molar-refractivity contribution in [1.29, 1.82) is 0 Å². The third-order valence-electron chi connectivity index (χ3n) is 11.1. The maximum Gasteiger partial charge on any atom is 0.335 e. The molecule has 6 aliphatic carbocycles. The van der Waals surface area contributed by atoms with E-state index in [2.05, 4.69) is 44.4 Å². The van der Waals surface area contributed by atoms with Crippen LogP contribution < -0.4 is 0 Å². The highest BCUT2D eigenvalue weighted by Gasteiger charge is 2.48. The van der Waals surface area contributed by atoms with Gasteiger partial charge >= 0.3 is 11.9 Å². The highest BCUT2D eigenvalue weighted by atomic mass is 16.7. The van der Waals surface area contributed by atoms with E-state index in [1.165, 1.54) is 32.8 Å². The molecule has 4 fully saturated rings. The summed E-state index contributed by atoms with van der Waals surface area (Å²) in [5.41, 5.74) is 0.802. The molecular formula is C40H64O6. The van der Waals surface area contributed by atoms with Crippen LogP contribution in [0.5, 0.6) is 0 Å². The highest BCUT2D eigenvalue weighted by Crippen LogP contribution is 2.57. The molecule has 4 bridgehead atoms. The molecule has 6 rings (SSSR count). The lowest BCUT2D eigenvalue weighted by atomic mass is 9.82. The zero-order valence-corrected chi connectivity index (χ0v) is 29.8. The summed E-state index contributed by atoms with van der Waals surface area (Å²) in [6.45, 7) is 14.3. The number of unbranched alkanes of at least 4 members (excludes halogenated alkanes) is 2. The van der Waals surface area contributed by atoms with Crippen LogP contribution in [0.15, 0.2) is 48.6 Å². The third kappa shape index (κ3) is 10.9. The second-order valence-electron chi connectivity index (χ2n) is 14.5. The Kier molecular flexibility index (Phi) is 16.3. The standard InChI is InChI=1S/C11H20O3.2C10H14.C9H16O3/c1-5-6-7-8-10(13-4)14-11(12)9(2)3;2*1-2-9-7-4-5-8(6-7)10(9)3-1;1-5-6-8(11-4)12-9(10)7(2)3/h10H,2,5-8H2,1,3-4H3;2*1-2,7-10H,3-6H2;8H,2,5-6H2,1,3-4H3. The summed E-state index contributed by atoms with van der Waals surface area (Å²) in [6, 6.07) is 0. The second kappa shape index (κ2) is 19.6. The van der Waals surface area contributed by atoms with Crippen LogP contribution in [0, 0.1) is 47.3 Å². The molecule has 0 spiro atoms. The van der Waals surface area contributed by atoms with Crippen LogP contribution in [-0.2, 0) is 28.5 Å². The lowest BCUT2D eigenvalue weighted by molar-refractivity contribution is -0.170. The van der Waals surface area contributed by atoms with Crippen molar-refractivity contribution in [2.45, 2.75) is 130 Å². The Morgan fingerprint density at radius 3 is 1.48 bits per heavy atom. The van der Waals surface area contributed by atoms with Crippen LogP contribution >= 0.6 is 0 Å². The minimum atomic E-state index is -0.431. The molecule has 46 heavy (non-hydrogen) atoms. The normalized spacial score (nSPS) is 31.3.